The summed E-state index contributed by atoms with van der Waals surface area (Å²) in [6, 6.07) is 0. The molecule has 2 heteroatoms. The first-order valence-electron chi connectivity index (χ1n) is 9.64. The third kappa shape index (κ3) is 2.71. The molecule has 126 valence electrons. The predicted octanol–water partition coefficient (Wildman–Crippen LogP) is 5.35. The Bertz CT molecular complexity index is 419. The molecule has 22 heavy (non-hydrogen) atoms. The van der Waals surface area contributed by atoms with E-state index in [2.05, 4.69) is 13.8 Å². The van der Waals surface area contributed by atoms with E-state index in [1.54, 1.807) is 0 Å². The summed E-state index contributed by atoms with van der Waals surface area (Å²) in [4.78, 5) is 12.6. The highest BCUT2D eigenvalue weighted by Crippen LogP contribution is 2.57. The molecule has 4 fully saturated rings. The van der Waals surface area contributed by atoms with Gasteiger partial charge in [-0.05, 0) is 95.3 Å². The summed E-state index contributed by atoms with van der Waals surface area (Å²) >= 11 is 0. The average Bonchev–Trinajstić information content (AvgIpc) is 2.55. The maximum absolute atomic E-state index is 12.6. The smallest absolute Gasteiger partial charge is 0.312 e. The Morgan fingerprint density at radius 3 is 2.18 bits per heavy atom. The van der Waals surface area contributed by atoms with Crippen LogP contribution in [0.1, 0.15) is 85.5 Å². The first kappa shape index (κ1) is 16.3. The van der Waals surface area contributed by atoms with E-state index >= 15 is 0 Å². The fourth-order valence-electron chi connectivity index (χ4n) is 5.39. The molecular formula is C20H34O2. The van der Waals surface area contributed by atoms with E-state index < -0.39 is 0 Å². The highest BCUT2D eigenvalue weighted by atomic mass is 16.6. The summed E-state index contributed by atoms with van der Waals surface area (Å²) in [6.45, 7) is 8.34. The molecule has 3 unspecified atom stereocenters. The predicted molar refractivity (Wildman–Crippen MR) is 89.5 cm³/mol. The highest BCUT2D eigenvalue weighted by Gasteiger charge is 2.51. The molecule has 2 nitrogen and oxygen atoms in total. The second kappa shape index (κ2) is 5.83. The standard InChI is InChI=1S/C20H34O2/c1-5-19(3,4)18(21)22-20(6-2)12-11-16-14-7-9-15(10-8-14)17(16)13-20/h14-17H,5-13H2,1-4H3. The Morgan fingerprint density at radius 1 is 1.05 bits per heavy atom. The molecule has 0 aromatic heterocycles. The lowest BCUT2D eigenvalue weighted by atomic mass is 9.52. The third-order valence-electron chi connectivity index (χ3n) is 7.51. The number of ether oxygens (including phenoxy) is 1. The largest absolute Gasteiger partial charge is 0.459 e. The van der Waals surface area contributed by atoms with Crippen LogP contribution in [0.25, 0.3) is 0 Å². The zero-order valence-electron chi connectivity index (χ0n) is 15.0. The van der Waals surface area contributed by atoms with E-state index in [1.807, 2.05) is 13.8 Å². The molecule has 0 aromatic rings. The summed E-state index contributed by atoms with van der Waals surface area (Å²) in [7, 11) is 0. The molecule has 4 rings (SSSR count). The van der Waals surface area contributed by atoms with E-state index in [9.17, 15) is 4.79 Å². The summed E-state index contributed by atoms with van der Waals surface area (Å²) in [5, 5.41) is 0. The molecule has 4 saturated carbocycles. The maximum Gasteiger partial charge on any atom is 0.312 e. The molecule has 0 aliphatic heterocycles. The number of esters is 1. The van der Waals surface area contributed by atoms with E-state index in [0.717, 1.165) is 49.4 Å². The van der Waals surface area contributed by atoms with Crippen LogP contribution in [0.3, 0.4) is 0 Å². The number of hydrogen-bond acceptors (Lipinski definition) is 2. The first-order valence-corrected chi connectivity index (χ1v) is 9.64. The monoisotopic (exact) mass is 306 g/mol. The molecule has 0 saturated heterocycles. The third-order valence-corrected chi connectivity index (χ3v) is 7.51. The molecule has 0 heterocycles. The zero-order chi connectivity index (χ0) is 16.0. The van der Waals surface area contributed by atoms with Crippen molar-refractivity contribution in [1.82, 2.24) is 0 Å². The molecule has 0 amide bonds. The van der Waals surface area contributed by atoms with Gasteiger partial charge in [-0.15, -0.1) is 0 Å². The molecule has 0 aromatic carbocycles. The molecule has 0 N–H and O–H groups in total. The fraction of sp³-hybridized carbons (Fsp3) is 0.950. The topological polar surface area (TPSA) is 26.3 Å². The minimum absolute atomic E-state index is 0.0243. The SMILES string of the molecule is CCC1(OC(=O)C(C)(C)CC)CCC2C3CCC(CC3)C2C1. The fourth-order valence-corrected chi connectivity index (χ4v) is 5.39. The van der Waals surface area contributed by atoms with Crippen molar-refractivity contribution in [3.05, 3.63) is 0 Å². The summed E-state index contributed by atoms with van der Waals surface area (Å²) in [5.74, 6) is 3.69. The van der Waals surface area contributed by atoms with Gasteiger partial charge in [0.2, 0.25) is 0 Å². The van der Waals surface area contributed by atoms with Crippen molar-refractivity contribution in [2.24, 2.45) is 29.1 Å². The van der Waals surface area contributed by atoms with Crippen LogP contribution in [0.5, 0.6) is 0 Å². The van der Waals surface area contributed by atoms with E-state index in [0.29, 0.717) is 0 Å². The van der Waals surface area contributed by atoms with Gasteiger partial charge in [0.15, 0.2) is 0 Å². The Balaban J connectivity index is 1.73. The van der Waals surface area contributed by atoms with Crippen LogP contribution in [-0.2, 0) is 9.53 Å². The maximum atomic E-state index is 12.6. The summed E-state index contributed by atoms with van der Waals surface area (Å²) < 4.78 is 6.20. The lowest BCUT2D eigenvalue weighted by Crippen LogP contribution is -2.51. The van der Waals surface area contributed by atoms with Crippen LogP contribution in [-0.4, -0.2) is 11.6 Å². The Labute approximate surface area is 136 Å². The van der Waals surface area contributed by atoms with Gasteiger partial charge in [-0.2, -0.15) is 0 Å². The lowest BCUT2D eigenvalue weighted by Gasteiger charge is -2.55. The Hall–Kier alpha value is -0.530. The van der Waals surface area contributed by atoms with Gasteiger partial charge in [-0.3, -0.25) is 4.79 Å². The van der Waals surface area contributed by atoms with Crippen molar-refractivity contribution in [2.45, 2.75) is 91.1 Å². The lowest BCUT2D eigenvalue weighted by molar-refractivity contribution is -0.184. The van der Waals surface area contributed by atoms with Crippen LogP contribution in [0.15, 0.2) is 0 Å². The number of fused-ring (bicyclic) bond motifs is 2. The molecular weight excluding hydrogens is 272 g/mol. The van der Waals surface area contributed by atoms with Crippen LogP contribution >= 0.6 is 0 Å². The zero-order valence-corrected chi connectivity index (χ0v) is 15.0. The second-order valence-corrected chi connectivity index (χ2v) is 8.91. The highest BCUT2D eigenvalue weighted by molar-refractivity contribution is 5.76. The van der Waals surface area contributed by atoms with Gasteiger partial charge in [0, 0.05) is 0 Å². The first-order chi connectivity index (χ1) is 10.4. The van der Waals surface area contributed by atoms with Crippen LogP contribution < -0.4 is 0 Å². The van der Waals surface area contributed by atoms with Crippen LogP contribution in [0.4, 0.5) is 0 Å². The second-order valence-electron chi connectivity index (χ2n) is 8.91. The average molecular weight is 306 g/mol. The number of carbonyl (C=O) groups is 1. The van der Waals surface area contributed by atoms with Crippen LogP contribution in [0, 0.1) is 29.1 Å². The summed E-state index contributed by atoms with van der Waals surface area (Å²) in [6.07, 6.45) is 11.2. The van der Waals surface area contributed by atoms with Gasteiger partial charge in [0.1, 0.15) is 5.60 Å². The number of rotatable bonds is 4. The minimum Gasteiger partial charge on any atom is -0.459 e. The van der Waals surface area contributed by atoms with Gasteiger partial charge in [0.25, 0.3) is 0 Å². The minimum atomic E-state index is -0.343. The number of carbonyl (C=O) groups excluding carboxylic acids is 1. The molecule has 4 aliphatic rings. The van der Waals surface area contributed by atoms with Crippen molar-refractivity contribution in [3.8, 4) is 0 Å². The molecule has 3 atom stereocenters. The molecule has 0 radical (unpaired) electrons. The Kier molecular flexibility index (Phi) is 4.33. The molecule has 2 bridgehead atoms. The van der Waals surface area contributed by atoms with E-state index in [1.165, 1.54) is 32.1 Å². The van der Waals surface area contributed by atoms with Crippen molar-refractivity contribution in [1.29, 1.82) is 0 Å². The molecule has 0 spiro atoms. The van der Waals surface area contributed by atoms with Gasteiger partial charge >= 0.3 is 5.97 Å². The van der Waals surface area contributed by atoms with Crippen molar-refractivity contribution in [3.63, 3.8) is 0 Å². The van der Waals surface area contributed by atoms with Crippen LogP contribution in [0.2, 0.25) is 0 Å². The van der Waals surface area contributed by atoms with E-state index in [-0.39, 0.29) is 17.0 Å². The normalized spacial score (nSPS) is 41.1. The van der Waals surface area contributed by atoms with Crippen molar-refractivity contribution >= 4 is 5.97 Å². The number of hydrogen-bond donors (Lipinski definition) is 0. The Morgan fingerprint density at radius 2 is 1.64 bits per heavy atom. The summed E-state index contributed by atoms with van der Waals surface area (Å²) in [5.41, 5.74) is -0.507. The van der Waals surface area contributed by atoms with Gasteiger partial charge in [0.05, 0.1) is 5.41 Å². The van der Waals surface area contributed by atoms with Crippen molar-refractivity contribution in [2.75, 3.05) is 0 Å². The van der Waals surface area contributed by atoms with Gasteiger partial charge < -0.3 is 4.74 Å². The van der Waals surface area contributed by atoms with Gasteiger partial charge in [-0.25, -0.2) is 0 Å². The van der Waals surface area contributed by atoms with Crippen molar-refractivity contribution < 1.29 is 9.53 Å². The van der Waals surface area contributed by atoms with E-state index in [4.69, 9.17) is 4.74 Å². The quantitative estimate of drug-likeness (QED) is 0.654. The molecule has 4 aliphatic carbocycles. The van der Waals surface area contributed by atoms with Gasteiger partial charge in [-0.1, -0.05) is 13.8 Å².